The molecule has 0 aliphatic heterocycles. The van der Waals surface area contributed by atoms with Gasteiger partial charge in [0.2, 0.25) is 0 Å². The monoisotopic (exact) mass is 289 g/mol. The minimum absolute atomic E-state index is 0.0496. The molecule has 0 radical (unpaired) electrons. The van der Waals surface area contributed by atoms with Crippen LogP contribution >= 0.6 is 11.8 Å². The lowest BCUT2D eigenvalue weighted by molar-refractivity contribution is 0.384. The van der Waals surface area contributed by atoms with Crippen LogP contribution in [0, 0.1) is 0 Å². The van der Waals surface area contributed by atoms with Gasteiger partial charge in [-0.15, -0.1) is 0 Å². The van der Waals surface area contributed by atoms with Gasteiger partial charge in [0.25, 0.3) is 10.0 Å². The SMILES string of the molecule is CCC(CSC)N(C)S(=O)(=O)c1ncccc1N. The number of thioether (sulfide) groups is 1. The Bertz CT molecular complexity index is 491. The molecule has 0 bridgehead atoms. The molecule has 1 heterocycles. The summed E-state index contributed by atoms with van der Waals surface area (Å²) in [5, 5.41) is -0.0629. The first-order valence-corrected chi connectivity index (χ1v) is 8.46. The maximum Gasteiger partial charge on any atom is 0.262 e. The van der Waals surface area contributed by atoms with E-state index in [-0.39, 0.29) is 16.8 Å². The highest BCUT2D eigenvalue weighted by Crippen LogP contribution is 2.22. The molecular formula is C11H19N3O2S2. The predicted molar refractivity (Wildman–Crippen MR) is 76.1 cm³/mol. The summed E-state index contributed by atoms with van der Waals surface area (Å²) in [7, 11) is -2.04. The number of rotatable bonds is 6. The van der Waals surface area contributed by atoms with Gasteiger partial charge in [0.1, 0.15) is 0 Å². The van der Waals surface area contributed by atoms with Gasteiger partial charge < -0.3 is 5.73 Å². The second-order valence-electron chi connectivity index (χ2n) is 3.94. The minimum atomic E-state index is -3.62. The summed E-state index contributed by atoms with van der Waals surface area (Å²) in [6.07, 6.45) is 4.15. The van der Waals surface area contributed by atoms with Gasteiger partial charge in [0, 0.05) is 25.0 Å². The molecule has 1 aromatic heterocycles. The maximum absolute atomic E-state index is 12.4. The predicted octanol–water partition coefficient (Wildman–Crippen LogP) is 1.43. The highest BCUT2D eigenvalue weighted by Gasteiger charge is 2.29. The normalized spacial score (nSPS) is 13.8. The molecule has 18 heavy (non-hydrogen) atoms. The average Bonchev–Trinajstić information content (AvgIpc) is 2.35. The van der Waals surface area contributed by atoms with E-state index in [2.05, 4.69) is 4.98 Å². The van der Waals surface area contributed by atoms with Crippen LogP contribution in [-0.4, -0.2) is 42.8 Å². The molecule has 5 nitrogen and oxygen atoms in total. The smallest absolute Gasteiger partial charge is 0.262 e. The van der Waals surface area contributed by atoms with Crippen LogP contribution in [0.15, 0.2) is 23.4 Å². The summed E-state index contributed by atoms with van der Waals surface area (Å²) in [5.74, 6) is 0.749. The molecular weight excluding hydrogens is 270 g/mol. The standard InChI is InChI=1S/C11H19N3O2S2/c1-4-9(8-17-3)14(2)18(15,16)11-10(12)6-5-7-13-11/h5-7,9H,4,8,12H2,1-3H3. The van der Waals surface area contributed by atoms with E-state index in [9.17, 15) is 8.42 Å². The highest BCUT2D eigenvalue weighted by molar-refractivity contribution is 7.98. The molecule has 102 valence electrons. The summed E-state index contributed by atoms with van der Waals surface area (Å²) in [5.41, 5.74) is 5.87. The van der Waals surface area contributed by atoms with Gasteiger partial charge in [-0.3, -0.25) is 0 Å². The molecule has 1 unspecified atom stereocenters. The zero-order valence-electron chi connectivity index (χ0n) is 10.8. The largest absolute Gasteiger partial charge is 0.396 e. The third kappa shape index (κ3) is 3.15. The van der Waals surface area contributed by atoms with Crippen molar-refractivity contribution in [1.29, 1.82) is 0 Å². The van der Waals surface area contributed by atoms with Gasteiger partial charge in [0.15, 0.2) is 5.03 Å². The number of pyridine rings is 1. The van der Waals surface area contributed by atoms with E-state index in [1.807, 2.05) is 13.2 Å². The summed E-state index contributed by atoms with van der Waals surface area (Å²) in [6, 6.07) is 3.11. The van der Waals surface area contributed by atoms with E-state index in [4.69, 9.17) is 5.73 Å². The summed E-state index contributed by atoms with van der Waals surface area (Å²) < 4.78 is 26.2. The van der Waals surface area contributed by atoms with Gasteiger partial charge in [-0.2, -0.15) is 16.1 Å². The van der Waals surface area contributed by atoms with E-state index >= 15 is 0 Å². The van der Waals surface area contributed by atoms with Gasteiger partial charge in [0.05, 0.1) is 5.69 Å². The Morgan fingerprint density at radius 1 is 1.56 bits per heavy atom. The molecule has 2 N–H and O–H groups in total. The van der Waals surface area contributed by atoms with Crippen LogP contribution in [0.4, 0.5) is 5.69 Å². The molecule has 7 heteroatoms. The molecule has 0 saturated carbocycles. The second kappa shape index (κ2) is 6.40. The Balaban J connectivity index is 3.10. The first-order chi connectivity index (χ1) is 8.45. The number of anilines is 1. The molecule has 0 fully saturated rings. The fourth-order valence-corrected chi connectivity index (χ4v) is 4.01. The van der Waals surface area contributed by atoms with Crippen molar-refractivity contribution < 1.29 is 8.42 Å². The van der Waals surface area contributed by atoms with E-state index in [0.717, 1.165) is 12.2 Å². The van der Waals surface area contributed by atoms with Crippen molar-refractivity contribution in [3.8, 4) is 0 Å². The Morgan fingerprint density at radius 2 is 2.22 bits per heavy atom. The van der Waals surface area contributed by atoms with Crippen molar-refractivity contribution in [3.63, 3.8) is 0 Å². The van der Waals surface area contributed by atoms with Crippen LogP contribution < -0.4 is 5.73 Å². The number of sulfonamides is 1. The quantitative estimate of drug-likeness (QED) is 0.857. The topological polar surface area (TPSA) is 76.3 Å². The molecule has 0 spiro atoms. The molecule has 0 saturated heterocycles. The van der Waals surface area contributed by atoms with Crippen LogP contribution in [-0.2, 0) is 10.0 Å². The van der Waals surface area contributed by atoms with Crippen molar-refractivity contribution >= 4 is 27.5 Å². The minimum Gasteiger partial charge on any atom is -0.396 e. The fourth-order valence-electron chi connectivity index (χ4n) is 1.62. The van der Waals surface area contributed by atoms with Gasteiger partial charge in [-0.05, 0) is 24.8 Å². The van der Waals surface area contributed by atoms with Crippen LogP contribution in [0.25, 0.3) is 0 Å². The van der Waals surface area contributed by atoms with Crippen molar-refractivity contribution in [1.82, 2.24) is 9.29 Å². The summed E-state index contributed by atoms with van der Waals surface area (Å²) >= 11 is 1.62. The first-order valence-electron chi connectivity index (χ1n) is 5.62. The first kappa shape index (κ1) is 15.3. The lowest BCUT2D eigenvalue weighted by Crippen LogP contribution is -2.38. The lowest BCUT2D eigenvalue weighted by atomic mass is 10.3. The van der Waals surface area contributed by atoms with Gasteiger partial charge in [-0.1, -0.05) is 6.92 Å². The zero-order chi connectivity index (χ0) is 13.8. The Hall–Kier alpha value is -0.790. The molecule has 0 aromatic carbocycles. The third-order valence-corrected chi connectivity index (χ3v) is 5.37. The third-order valence-electron chi connectivity index (χ3n) is 2.77. The Labute approximate surface area is 113 Å². The van der Waals surface area contributed by atoms with Crippen LogP contribution in [0.1, 0.15) is 13.3 Å². The highest BCUT2D eigenvalue weighted by atomic mass is 32.2. The number of nitrogens with two attached hydrogens (primary N) is 1. The molecule has 1 atom stereocenters. The number of hydrogen-bond donors (Lipinski definition) is 1. The van der Waals surface area contributed by atoms with Crippen molar-refractivity contribution in [2.45, 2.75) is 24.4 Å². The van der Waals surface area contributed by atoms with Crippen molar-refractivity contribution in [3.05, 3.63) is 18.3 Å². The van der Waals surface area contributed by atoms with Crippen molar-refractivity contribution in [2.24, 2.45) is 0 Å². The van der Waals surface area contributed by atoms with Gasteiger partial charge >= 0.3 is 0 Å². The molecule has 1 rings (SSSR count). The zero-order valence-corrected chi connectivity index (χ0v) is 12.5. The summed E-state index contributed by atoms with van der Waals surface area (Å²) in [4.78, 5) is 3.89. The molecule has 0 amide bonds. The summed E-state index contributed by atoms with van der Waals surface area (Å²) in [6.45, 7) is 1.97. The number of hydrogen-bond acceptors (Lipinski definition) is 5. The number of nitrogens with zero attached hydrogens (tertiary/aromatic N) is 2. The number of nitrogen functional groups attached to an aromatic ring is 1. The molecule has 1 aromatic rings. The number of aromatic nitrogens is 1. The average molecular weight is 289 g/mol. The lowest BCUT2D eigenvalue weighted by Gasteiger charge is -2.25. The van der Waals surface area contributed by atoms with E-state index in [1.54, 1.807) is 30.9 Å². The Kier molecular flexibility index (Phi) is 5.43. The van der Waals surface area contributed by atoms with E-state index in [0.29, 0.717) is 0 Å². The van der Waals surface area contributed by atoms with Gasteiger partial charge in [-0.25, -0.2) is 13.4 Å². The van der Waals surface area contributed by atoms with E-state index < -0.39 is 10.0 Å². The van der Waals surface area contributed by atoms with Crippen molar-refractivity contribution in [2.75, 3.05) is 24.8 Å². The van der Waals surface area contributed by atoms with Crippen LogP contribution in [0.2, 0.25) is 0 Å². The van der Waals surface area contributed by atoms with Crippen LogP contribution in [0.5, 0.6) is 0 Å². The molecule has 0 aliphatic rings. The fraction of sp³-hybridized carbons (Fsp3) is 0.545. The molecule has 0 aliphatic carbocycles. The van der Waals surface area contributed by atoms with Crippen LogP contribution in [0.3, 0.4) is 0 Å². The Morgan fingerprint density at radius 3 is 2.72 bits per heavy atom. The maximum atomic E-state index is 12.4. The second-order valence-corrected chi connectivity index (χ2v) is 6.76. The van der Waals surface area contributed by atoms with E-state index in [1.165, 1.54) is 10.5 Å².